The van der Waals surface area contributed by atoms with E-state index in [1.807, 2.05) is 6.92 Å². The second-order valence-electron chi connectivity index (χ2n) is 5.95. The lowest BCUT2D eigenvalue weighted by Crippen LogP contribution is -2.60. The zero-order chi connectivity index (χ0) is 19.3. The van der Waals surface area contributed by atoms with E-state index in [0.29, 0.717) is 6.42 Å². The average Bonchev–Trinajstić information content (AvgIpc) is 2.62. The van der Waals surface area contributed by atoms with Crippen LogP contribution in [0.1, 0.15) is 30.1 Å². The Labute approximate surface area is 150 Å². The van der Waals surface area contributed by atoms with Crippen molar-refractivity contribution in [3.05, 3.63) is 23.8 Å². The number of esters is 1. The Morgan fingerprint density at radius 3 is 2.58 bits per heavy atom. The molecule has 0 unspecified atom stereocenters. The highest BCUT2D eigenvalue weighted by Gasteiger charge is 2.45. The maximum absolute atomic E-state index is 12.2. The number of hydrogen-bond acceptors (Lipinski definition) is 9. The molecule has 26 heavy (non-hydrogen) atoms. The standard InChI is InChI=1S/C17H24O9/c1-2-3-7-24-16(23)12-9(19)5-4-6-10(12)25-17-15(22)14(21)13(20)11(8-18)26-17/h4-6,11,13-15,17-22H,2-3,7-8H2,1H3/t11-,13-,14+,15-,17-/m1/s1. The summed E-state index contributed by atoms with van der Waals surface area (Å²) in [5, 5.41) is 48.8. The van der Waals surface area contributed by atoms with Crippen molar-refractivity contribution in [3.8, 4) is 11.5 Å². The molecule has 1 aromatic carbocycles. The van der Waals surface area contributed by atoms with E-state index in [1.54, 1.807) is 0 Å². The quantitative estimate of drug-likeness (QED) is 0.316. The minimum Gasteiger partial charge on any atom is -0.507 e. The number of benzene rings is 1. The largest absolute Gasteiger partial charge is 0.507 e. The molecule has 2 rings (SSSR count). The van der Waals surface area contributed by atoms with E-state index in [4.69, 9.17) is 14.2 Å². The van der Waals surface area contributed by atoms with Crippen molar-refractivity contribution in [2.24, 2.45) is 0 Å². The average molecular weight is 372 g/mol. The van der Waals surface area contributed by atoms with E-state index >= 15 is 0 Å². The number of aliphatic hydroxyl groups is 4. The number of aromatic hydroxyl groups is 1. The first-order valence-corrected chi connectivity index (χ1v) is 8.37. The Morgan fingerprint density at radius 1 is 1.19 bits per heavy atom. The Hall–Kier alpha value is -1.91. The first kappa shape index (κ1) is 20.4. The van der Waals surface area contributed by atoms with E-state index in [-0.39, 0.29) is 23.7 Å². The number of carbonyl (C=O) groups excluding carboxylic acids is 1. The molecule has 0 aromatic heterocycles. The number of ether oxygens (including phenoxy) is 3. The van der Waals surface area contributed by atoms with Gasteiger partial charge in [0.25, 0.3) is 0 Å². The van der Waals surface area contributed by atoms with Crippen LogP contribution in [0.25, 0.3) is 0 Å². The highest BCUT2D eigenvalue weighted by Crippen LogP contribution is 2.31. The van der Waals surface area contributed by atoms with Gasteiger partial charge < -0.3 is 39.7 Å². The highest BCUT2D eigenvalue weighted by atomic mass is 16.7. The van der Waals surface area contributed by atoms with Crippen LogP contribution in [-0.2, 0) is 9.47 Å². The predicted octanol–water partition coefficient (Wildman–Crippen LogP) is -0.472. The van der Waals surface area contributed by atoms with Crippen LogP contribution in [0.2, 0.25) is 0 Å². The van der Waals surface area contributed by atoms with Gasteiger partial charge in [-0.1, -0.05) is 19.4 Å². The molecular formula is C17H24O9. The number of aliphatic hydroxyl groups excluding tert-OH is 4. The molecule has 0 saturated carbocycles. The summed E-state index contributed by atoms with van der Waals surface area (Å²) in [6, 6.07) is 4.05. The second-order valence-corrected chi connectivity index (χ2v) is 5.95. The Bertz CT molecular complexity index is 604. The van der Waals surface area contributed by atoms with E-state index in [1.165, 1.54) is 18.2 Å². The van der Waals surface area contributed by atoms with Crippen molar-refractivity contribution in [1.82, 2.24) is 0 Å². The van der Waals surface area contributed by atoms with Gasteiger partial charge in [0, 0.05) is 0 Å². The molecule has 1 aliphatic rings. The molecule has 0 spiro atoms. The second kappa shape index (κ2) is 9.15. The summed E-state index contributed by atoms with van der Waals surface area (Å²) >= 11 is 0. The molecule has 1 fully saturated rings. The number of phenolic OH excluding ortho intramolecular Hbond substituents is 1. The van der Waals surface area contributed by atoms with Crippen molar-refractivity contribution in [1.29, 1.82) is 0 Å². The third-order valence-corrected chi connectivity index (χ3v) is 4.03. The molecule has 1 aliphatic heterocycles. The molecule has 0 aliphatic carbocycles. The molecule has 146 valence electrons. The number of hydrogen-bond donors (Lipinski definition) is 5. The summed E-state index contributed by atoms with van der Waals surface area (Å²) in [6.45, 7) is 1.49. The Morgan fingerprint density at radius 2 is 1.92 bits per heavy atom. The zero-order valence-electron chi connectivity index (χ0n) is 14.3. The maximum atomic E-state index is 12.2. The van der Waals surface area contributed by atoms with Crippen LogP contribution in [0, 0.1) is 0 Å². The summed E-state index contributed by atoms with van der Waals surface area (Å²) in [6.07, 6.45) is -5.95. The number of carbonyl (C=O) groups is 1. The first-order chi connectivity index (χ1) is 12.4. The summed E-state index contributed by atoms with van der Waals surface area (Å²) in [7, 11) is 0. The molecule has 1 heterocycles. The van der Waals surface area contributed by atoms with Gasteiger partial charge in [-0.15, -0.1) is 0 Å². The molecule has 9 heteroatoms. The number of phenols is 1. The van der Waals surface area contributed by atoms with Crippen molar-refractivity contribution in [2.45, 2.75) is 50.5 Å². The molecule has 5 atom stereocenters. The SMILES string of the molecule is CCCCOC(=O)c1c(O)cccc1O[C@@H]1O[C@H](CO)[C@@H](O)[C@H](O)[C@H]1O. The van der Waals surface area contributed by atoms with Gasteiger partial charge >= 0.3 is 5.97 Å². The summed E-state index contributed by atoms with van der Waals surface area (Å²) in [5.41, 5.74) is -0.249. The molecule has 0 bridgehead atoms. The van der Waals surface area contributed by atoms with E-state index < -0.39 is 43.3 Å². The minimum absolute atomic E-state index is 0.129. The van der Waals surface area contributed by atoms with Crippen LogP contribution >= 0.6 is 0 Å². The van der Waals surface area contributed by atoms with Crippen LogP contribution in [-0.4, -0.2) is 75.4 Å². The fourth-order valence-electron chi connectivity index (χ4n) is 2.49. The third kappa shape index (κ3) is 4.43. The van der Waals surface area contributed by atoms with Crippen LogP contribution in [0.15, 0.2) is 18.2 Å². The Kier molecular flexibility index (Phi) is 7.18. The van der Waals surface area contributed by atoms with E-state index in [0.717, 1.165) is 6.42 Å². The van der Waals surface area contributed by atoms with Crippen LogP contribution in [0.3, 0.4) is 0 Å². The fourth-order valence-corrected chi connectivity index (χ4v) is 2.49. The van der Waals surface area contributed by atoms with Crippen molar-refractivity contribution < 1.29 is 44.5 Å². The predicted molar refractivity (Wildman–Crippen MR) is 87.7 cm³/mol. The third-order valence-electron chi connectivity index (χ3n) is 4.03. The number of rotatable bonds is 7. The highest BCUT2D eigenvalue weighted by molar-refractivity contribution is 5.95. The van der Waals surface area contributed by atoms with Gasteiger partial charge in [0.15, 0.2) is 0 Å². The molecular weight excluding hydrogens is 348 g/mol. The van der Waals surface area contributed by atoms with Crippen molar-refractivity contribution in [2.75, 3.05) is 13.2 Å². The number of unbranched alkanes of at least 4 members (excludes halogenated alkanes) is 1. The summed E-state index contributed by atoms with van der Waals surface area (Å²) in [4.78, 5) is 12.2. The zero-order valence-corrected chi connectivity index (χ0v) is 14.3. The molecule has 5 N–H and O–H groups in total. The molecule has 1 aromatic rings. The van der Waals surface area contributed by atoms with Gasteiger partial charge in [-0.3, -0.25) is 0 Å². The van der Waals surface area contributed by atoms with Crippen LogP contribution in [0.5, 0.6) is 11.5 Å². The van der Waals surface area contributed by atoms with Gasteiger partial charge in [0.05, 0.1) is 13.2 Å². The van der Waals surface area contributed by atoms with Gasteiger partial charge in [0.2, 0.25) is 6.29 Å². The van der Waals surface area contributed by atoms with Crippen molar-refractivity contribution in [3.63, 3.8) is 0 Å². The molecule has 0 radical (unpaired) electrons. The van der Waals surface area contributed by atoms with Crippen LogP contribution < -0.4 is 4.74 Å². The maximum Gasteiger partial charge on any atom is 0.345 e. The smallest absolute Gasteiger partial charge is 0.345 e. The van der Waals surface area contributed by atoms with E-state index in [9.17, 15) is 30.3 Å². The van der Waals surface area contributed by atoms with Gasteiger partial charge in [-0.05, 0) is 18.6 Å². The van der Waals surface area contributed by atoms with E-state index in [2.05, 4.69) is 0 Å². The molecule has 0 amide bonds. The normalized spacial score (nSPS) is 28.6. The van der Waals surface area contributed by atoms with Crippen LogP contribution in [0.4, 0.5) is 0 Å². The molecule has 9 nitrogen and oxygen atoms in total. The molecule has 1 saturated heterocycles. The lowest BCUT2D eigenvalue weighted by atomic mass is 9.99. The monoisotopic (exact) mass is 372 g/mol. The van der Waals surface area contributed by atoms with Crippen molar-refractivity contribution >= 4 is 5.97 Å². The Balaban J connectivity index is 2.20. The summed E-state index contributed by atoms with van der Waals surface area (Å²) in [5.74, 6) is -1.32. The topological polar surface area (TPSA) is 146 Å². The van der Waals surface area contributed by atoms with Gasteiger partial charge in [0.1, 0.15) is 41.5 Å². The van der Waals surface area contributed by atoms with Gasteiger partial charge in [-0.25, -0.2) is 4.79 Å². The lowest BCUT2D eigenvalue weighted by Gasteiger charge is -2.39. The first-order valence-electron chi connectivity index (χ1n) is 8.37. The fraction of sp³-hybridized carbons (Fsp3) is 0.588. The minimum atomic E-state index is -1.64. The lowest BCUT2D eigenvalue weighted by molar-refractivity contribution is -0.277. The van der Waals surface area contributed by atoms with Gasteiger partial charge in [-0.2, -0.15) is 0 Å². The summed E-state index contributed by atoms with van der Waals surface area (Å²) < 4.78 is 15.8.